The molecule has 0 aliphatic carbocycles. The average molecular weight is 308 g/mol. The van der Waals surface area contributed by atoms with Gasteiger partial charge in [-0.05, 0) is 49.2 Å². The van der Waals surface area contributed by atoms with Crippen molar-refractivity contribution in [3.63, 3.8) is 0 Å². The zero-order chi connectivity index (χ0) is 13.1. The van der Waals surface area contributed by atoms with E-state index in [1.807, 2.05) is 18.2 Å². The van der Waals surface area contributed by atoms with E-state index in [4.69, 9.17) is 0 Å². The van der Waals surface area contributed by atoms with Gasteiger partial charge in [0.15, 0.2) is 0 Å². The first-order chi connectivity index (χ1) is 8.58. The first kappa shape index (κ1) is 13.1. The van der Waals surface area contributed by atoms with E-state index in [0.717, 1.165) is 15.7 Å². The SMILES string of the molecule is Cc1c(Br)cccc1NC(C)c1ccc(F)cc1. The van der Waals surface area contributed by atoms with Gasteiger partial charge >= 0.3 is 0 Å². The summed E-state index contributed by atoms with van der Waals surface area (Å²) in [6, 6.07) is 12.8. The van der Waals surface area contributed by atoms with Gasteiger partial charge in [0.2, 0.25) is 0 Å². The number of anilines is 1. The highest BCUT2D eigenvalue weighted by molar-refractivity contribution is 9.10. The topological polar surface area (TPSA) is 12.0 Å². The lowest BCUT2D eigenvalue weighted by Crippen LogP contribution is -2.07. The first-order valence-corrected chi connectivity index (χ1v) is 6.64. The molecular weight excluding hydrogens is 293 g/mol. The van der Waals surface area contributed by atoms with Crippen LogP contribution in [0.2, 0.25) is 0 Å². The van der Waals surface area contributed by atoms with E-state index in [2.05, 4.69) is 35.1 Å². The van der Waals surface area contributed by atoms with Gasteiger partial charge in [-0.15, -0.1) is 0 Å². The minimum atomic E-state index is -0.204. The second-order valence-electron chi connectivity index (χ2n) is 4.33. The van der Waals surface area contributed by atoms with Gasteiger partial charge in [-0.1, -0.05) is 34.1 Å². The fourth-order valence-corrected chi connectivity index (χ4v) is 2.20. The summed E-state index contributed by atoms with van der Waals surface area (Å²) in [4.78, 5) is 0. The van der Waals surface area contributed by atoms with E-state index < -0.39 is 0 Å². The van der Waals surface area contributed by atoms with Gasteiger partial charge in [-0.2, -0.15) is 0 Å². The monoisotopic (exact) mass is 307 g/mol. The van der Waals surface area contributed by atoms with Gasteiger partial charge in [0, 0.05) is 16.2 Å². The van der Waals surface area contributed by atoms with Gasteiger partial charge in [-0.25, -0.2) is 4.39 Å². The Morgan fingerprint density at radius 1 is 1.11 bits per heavy atom. The number of hydrogen-bond donors (Lipinski definition) is 1. The Hall–Kier alpha value is -1.35. The van der Waals surface area contributed by atoms with Gasteiger partial charge in [0.05, 0.1) is 0 Å². The lowest BCUT2D eigenvalue weighted by atomic mass is 10.1. The Bertz CT molecular complexity index is 537. The number of hydrogen-bond acceptors (Lipinski definition) is 1. The van der Waals surface area contributed by atoms with Crippen LogP contribution < -0.4 is 5.32 Å². The van der Waals surface area contributed by atoms with Crippen LogP contribution in [-0.2, 0) is 0 Å². The summed E-state index contributed by atoms with van der Waals surface area (Å²) >= 11 is 3.51. The van der Waals surface area contributed by atoms with Crippen molar-refractivity contribution in [2.75, 3.05) is 5.32 Å². The van der Waals surface area contributed by atoms with Crippen LogP contribution in [0.5, 0.6) is 0 Å². The van der Waals surface area contributed by atoms with Gasteiger partial charge < -0.3 is 5.32 Å². The maximum Gasteiger partial charge on any atom is 0.123 e. The molecule has 0 aliphatic heterocycles. The standard InChI is InChI=1S/C15H15BrFN/c1-10-14(16)4-3-5-15(10)18-11(2)12-6-8-13(17)9-7-12/h3-9,11,18H,1-2H3. The maximum atomic E-state index is 12.9. The van der Waals surface area contributed by atoms with Crippen LogP contribution in [0, 0.1) is 12.7 Å². The van der Waals surface area contributed by atoms with Crippen LogP contribution in [0.25, 0.3) is 0 Å². The van der Waals surface area contributed by atoms with E-state index in [1.54, 1.807) is 12.1 Å². The molecular formula is C15H15BrFN. The van der Waals surface area contributed by atoms with Gasteiger partial charge in [0.25, 0.3) is 0 Å². The molecule has 0 radical (unpaired) electrons. The highest BCUT2D eigenvalue weighted by Crippen LogP contribution is 2.27. The fourth-order valence-electron chi connectivity index (χ4n) is 1.83. The van der Waals surface area contributed by atoms with Crippen molar-refractivity contribution in [2.24, 2.45) is 0 Å². The molecule has 94 valence electrons. The van der Waals surface area contributed by atoms with E-state index in [9.17, 15) is 4.39 Å². The van der Waals surface area contributed by atoms with Crippen LogP contribution in [0.15, 0.2) is 46.9 Å². The largest absolute Gasteiger partial charge is 0.378 e. The lowest BCUT2D eigenvalue weighted by Gasteiger charge is -2.18. The van der Waals surface area contributed by atoms with Crippen LogP contribution in [0.4, 0.5) is 10.1 Å². The summed E-state index contributed by atoms with van der Waals surface area (Å²) in [6.45, 7) is 4.12. The predicted octanol–water partition coefficient (Wildman–Crippen LogP) is 5.07. The molecule has 0 saturated carbocycles. The van der Waals surface area contributed by atoms with Gasteiger partial charge in [-0.3, -0.25) is 0 Å². The van der Waals surface area contributed by atoms with Gasteiger partial charge in [0.1, 0.15) is 5.82 Å². The molecule has 0 fully saturated rings. The molecule has 2 aromatic carbocycles. The van der Waals surface area contributed by atoms with Crippen molar-refractivity contribution in [1.29, 1.82) is 0 Å². The molecule has 0 aliphatic rings. The zero-order valence-electron chi connectivity index (χ0n) is 10.4. The number of rotatable bonds is 3. The van der Waals surface area contributed by atoms with E-state index in [0.29, 0.717) is 0 Å². The van der Waals surface area contributed by atoms with E-state index >= 15 is 0 Å². The minimum Gasteiger partial charge on any atom is -0.378 e. The molecule has 1 atom stereocenters. The molecule has 3 heteroatoms. The third kappa shape index (κ3) is 2.91. The highest BCUT2D eigenvalue weighted by Gasteiger charge is 2.08. The highest BCUT2D eigenvalue weighted by atomic mass is 79.9. The Kier molecular flexibility index (Phi) is 4.02. The number of nitrogens with one attached hydrogen (secondary N) is 1. The molecule has 1 nitrogen and oxygen atoms in total. The van der Waals surface area contributed by atoms with Crippen molar-refractivity contribution >= 4 is 21.6 Å². The molecule has 1 unspecified atom stereocenters. The minimum absolute atomic E-state index is 0.138. The van der Waals surface area contributed by atoms with Crippen LogP contribution in [0.3, 0.4) is 0 Å². The lowest BCUT2D eigenvalue weighted by molar-refractivity contribution is 0.626. The van der Waals surface area contributed by atoms with Crippen molar-refractivity contribution in [3.8, 4) is 0 Å². The molecule has 1 N–H and O–H groups in total. The fraction of sp³-hybridized carbons (Fsp3) is 0.200. The summed E-state index contributed by atoms with van der Waals surface area (Å²) in [7, 11) is 0. The summed E-state index contributed by atoms with van der Waals surface area (Å²) in [5.74, 6) is -0.204. The molecule has 18 heavy (non-hydrogen) atoms. The van der Waals surface area contributed by atoms with Crippen molar-refractivity contribution < 1.29 is 4.39 Å². The quantitative estimate of drug-likeness (QED) is 0.834. The third-order valence-corrected chi connectivity index (χ3v) is 3.87. The maximum absolute atomic E-state index is 12.9. The number of benzene rings is 2. The Morgan fingerprint density at radius 2 is 1.78 bits per heavy atom. The molecule has 0 bridgehead atoms. The Balaban J connectivity index is 2.18. The third-order valence-electron chi connectivity index (χ3n) is 3.01. The predicted molar refractivity (Wildman–Crippen MR) is 77.3 cm³/mol. The Morgan fingerprint density at radius 3 is 2.44 bits per heavy atom. The smallest absolute Gasteiger partial charge is 0.123 e. The molecule has 2 aromatic rings. The van der Waals surface area contributed by atoms with Crippen molar-refractivity contribution in [2.45, 2.75) is 19.9 Å². The van der Waals surface area contributed by atoms with Crippen LogP contribution in [0.1, 0.15) is 24.1 Å². The van der Waals surface area contributed by atoms with Crippen LogP contribution in [-0.4, -0.2) is 0 Å². The number of halogens is 2. The molecule has 0 saturated heterocycles. The molecule has 0 aromatic heterocycles. The summed E-state index contributed by atoms with van der Waals surface area (Å²) in [6.07, 6.45) is 0. The summed E-state index contributed by atoms with van der Waals surface area (Å²) in [5, 5.41) is 3.43. The zero-order valence-corrected chi connectivity index (χ0v) is 12.0. The Labute approximate surface area is 115 Å². The summed E-state index contributed by atoms with van der Waals surface area (Å²) in [5.41, 5.74) is 3.32. The normalized spacial score (nSPS) is 12.2. The first-order valence-electron chi connectivity index (χ1n) is 5.85. The van der Waals surface area contributed by atoms with E-state index in [-0.39, 0.29) is 11.9 Å². The second kappa shape index (κ2) is 5.53. The van der Waals surface area contributed by atoms with Crippen LogP contribution >= 0.6 is 15.9 Å². The van der Waals surface area contributed by atoms with E-state index in [1.165, 1.54) is 17.7 Å². The summed E-state index contributed by atoms with van der Waals surface area (Å²) < 4.78 is 13.9. The molecule has 2 rings (SSSR count). The molecule has 0 heterocycles. The van der Waals surface area contributed by atoms with Crippen molar-refractivity contribution in [1.82, 2.24) is 0 Å². The molecule has 0 amide bonds. The van der Waals surface area contributed by atoms with Crippen molar-refractivity contribution in [3.05, 3.63) is 63.9 Å². The second-order valence-corrected chi connectivity index (χ2v) is 5.18. The molecule has 0 spiro atoms. The average Bonchev–Trinajstić information content (AvgIpc) is 2.36.